The fraction of sp³-hybridized carbons (Fsp3) is 0. The molecule has 0 spiro atoms. The number of aromatic nitrogens is 1. The van der Waals surface area contributed by atoms with Crippen LogP contribution in [0.1, 0.15) is 10.5 Å². The minimum absolute atomic E-state index is 0.141. The van der Waals surface area contributed by atoms with Gasteiger partial charge in [0.1, 0.15) is 5.69 Å². The summed E-state index contributed by atoms with van der Waals surface area (Å²) >= 11 is 0. The van der Waals surface area contributed by atoms with Gasteiger partial charge in [0.2, 0.25) is 0 Å². The van der Waals surface area contributed by atoms with E-state index in [1.54, 1.807) is 12.1 Å². The molecule has 0 saturated heterocycles. The Hall–Kier alpha value is -1.25. The fourth-order valence-electron chi connectivity index (χ4n) is 0.479. The SMILES string of the molecule is O=C(F)c1ccccn1. The molecule has 0 aliphatic heterocycles. The predicted molar refractivity (Wildman–Crippen MR) is 29.7 cm³/mol. The van der Waals surface area contributed by atoms with Gasteiger partial charge >= 0.3 is 6.04 Å². The molecule has 0 aromatic carbocycles. The molecule has 0 aliphatic rings. The van der Waals surface area contributed by atoms with Crippen LogP contribution in [0.4, 0.5) is 4.39 Å². The summed E-state index contributed by atoms with van der Waals surface area (Å²) in [5.74, 6) is 0. The summed E-state index contributed by atoms with van der Waals surface area (Å²) in [4.78, 5) is 13.4. The molecule has 1 rings (SSSR count). The van der Waals surface area contributed by atoms with Crippen LogP contribution in [0.2, 0.25) is 0 Å². The van der Waals surface area contributed by atoms with E-state index in [0.29, 0.717) is 0 Å². The maximum absolute atomic E-state index is 11.7. The molecule has 0 unspecified atom stereocenters. The topological polar surface area (TPSA) is 30.0 Å². The Labute approximate surface area is 51.3 Å². The van der Waals surface area contributed by atoms with Crippen molar-refractivity contribution in [3.8, 4) is 0 Å². The molecule has 0 amide bonds. The number of halogens is 1. The van der Waals surface area contributed by atoms with Crippen molar-refractivity contribution in [1.29, 1.82) is 0 Å². The van der Waals surface area contributed by atoms with Gasteiger partial charge in [-0.3, -0.25) is 9.78 Å². The molecule has 1 aromatic heterocycles. The maximum Gasteiger partial charge on any atom is 0.350 e. The summed E-state index contributed by atoms with van der Waals surface area (Å²) in [6, 6.07) is 3.00. The second-order valence-corrected chi connectivity index (χ2v) is 1.49. The van der Waals surface area contributed by atoms with Crippen molar-refractivity contribution >= 4 is 6.04 Å². The molecule has 0 bridgehead atoms. The normalized spacial score (nSPS) is 9.00. The van der Waals surface area contributed by atoms with Crippen LogP contribution in [0.25, 0.3) is 0 Å². The molecule has 0 saturated carbocycles. The molecule has 0 aliphatic carbocycles. The first kappa shape index (κ1) is 5.88. The van der Waals surface area contributed by atoms with Gasteiger partial charge in [0.05, 0.1) is 0 Å². The van der Waals surface area contributed by atoms with E-state index in [1.165, 1.54) is 12.3 Å². The number of rotatable bonds is 1. The summed E-state index contributed by atoms with van der Waals surface area (Å²) in [7, 11) is 0. The fourth-order valence-corrected chi connectivity index (χ4v) is 0.479. The van der Waals surface area contributed by atoms with Crippen molar-refractivity contribution < 1.29 is 9.18 Å². The average Bonchev–Trinajstić information content (AvgIpc) is 1.90. The van der Waals surface area contributed by atoms with E-state index in [9.17, 15) is 9.18 Å². The van der Waals surface area contributed by atoms with Crippen LogP contribution >= 0.6 is 0 Å². The lowest BCUT2D eigenvalue weighted by atomic mass is 10.4. The number of carbonyl (C=O) groups excluding carboxylic acids is 1. The first-order chi connectivity index (χ1) is 4.30. The van der Waals surface area contributed by atoms with Crippen LogP contribution in [-0.2, 0) is 0 Å². The predicted octanol–water partition coefficient (Wildman–Crippen LogP) is 1.19. The van der Waals surface area contributed by atoms with Gasteiger partial charge in [-0.25, -0.2) is 0 Å². The largest absolute Gasteiger partial charge is 0.350 e. The van der Waals surface area contributed by atoms with Crippen molar-refractivity contribution in [2.45, 2.75) is 0 Å². The first-order valence-electron chi connectivity index (χ1n) is 2.41. The van der Waals surface area contributed by atoms with Crippen LogP contribution in [0.5, 0.6) is 0 Å². The van der Waals surface area contributed by atoms with Crippen LogP contribution < -0.4 is 0 Å². The monoisotopic (exact) mass is 125 g/mol. The first-order valence-corrected chi connectivity index (χ1v) is 2.41. The lowest BCUT2D eigenvalue weighted by molar-refractivity contribution is 0.0830. The molecule has 3 heteroatoms. The molecule has 46 valence electrons. The van der Waals surface area contributed by atoms with Crippen molar-refractivity contribution in [2.24, 2.45) is 0 Å². The van der Waals surface area contributed by atoms with E-state index in [2.05, 4.69) is 4.98 Å². The molecular formula is C6H4FNO. The lowest BCUT2D eigenvalue weighted by Crippen LogP contribution is -1.91. The maximum atomic E-state index is 11.7. The van der Waals surface area contributed by atoms with E-state index < -0.39 is 6.04 Å². The van der Waals surface area contributed by atoms with Gasteiger partial charge < -0.3 is 0 Å². The highest BCUT2D eigenvalue weighted by molar-refractivity contribution is 5.85. The number of hydrogen-bond acceptors (Lipinski definition) is 2. The van der Waals surface area contributed by atoms with Crippen LogP contribution in [0.3, 0.4) is 0 Å². The Morgan fingerprint density at radius 3 is 2.67 bits per heavy atom. The Balaban J connectivity index is 2.98. The van der Waals surface area contributed by atoms with E-state index in [4.69, 9.17) is 0 Å². The summed E-state index contributed by atoms with van der Waals surface area (Å²) in [6.45, 7) is 0. The van der Waals surface area contributed by atoms with Crippen LogP contribution in [0, 0.1) is 0 Å². The molecule has 1 heterocycles. The third-order valence-electron chi connectivity index (χ3n) is 0.866. The Kier molecular flexibility index (Phi) is 1.53. The summed E-state index contributed by atoms with van der Waals surface area (Å²) < 4.78 is 11.7. The van der Waals surface area contributed by atoms with Crippen molar-refractivity contribution in [3.05, 3.63) is 30.1 Å². The molecule has 0 atom stereocenters. The zero-order valence-corrected chi connectivity index (χ0v) is 4.54. The number of hydrogen-bond donors (Lipinski definition) is 0. The molecule has 0 fully saturated rings. The summed E-state index contributed by atoms with van der Waals surface area (Å²) in [5, 5.41) is 0. The molecule has 2 nitrogen and oxygen atoms in total. The third kappa shape index (κ3) is 1.32. The van der Waals surface area contributed by atoms with E-state index in [0.717, 1.165) is 0 Å². The average molecular weight is 125 g/mol. The van der Waals surface area contributed by atoms with E-state index in [1.807, 2.05) is 0 Å². The molecule has 0 N–H and O–H groups in total. The molecular weight excluding hydrogens is 121 g/mol. The minimum atomic E-state index is -1.49. The number of carbonyl (C=O) groups is 1. The van der Waals surface area contributed by atoms with Crippen molar-refractivity contribution in [1.82, 2.24) is 4.98 Å². The molecule has 1 aromatic rings. The number of nitrogens with zero attached hydrogens (tertiary/aromatic N) is 1. The van der Waals surface area contributed by atoms with Crippen LogP contribution in [-0.4, -0.2) is 11.0 Å². The van der Waals surface area contributed by atoms with Gasteiger partial charge in [0, 0.05) is 6.20 Å². The highest BCUT2D eigenvalue weighted by atomic mass is 19.1. The zero-order chi connectivity index (χ0) is 6.69. The quantitative estimate of drug-likeness (QED) is 0.527. The molecule has 9 heavy (non-hydrogen) atoms. The summed E-state index contributed by atoms with van der Waals surface area (Å²) in [5.41, 5.74) is -0.141. The second kappa shape index (κ2) is 2.35. The Morgan fingerprint density at radius 2 is 2.33 bits per heavy atom. The smallest absolute Gasteiger partial charge is 0.254 e. The van der Waals surface area contributed by atoms with Crippen LogP contribution in [0.15, 0.2) is 24.4 Å². The third-order valence-corrected chi connectivity index (χ3v) is 0.866. The van der Waals surface area contributed by atoms with Gasteiger partial charge in [-0.15, -0.1) is 0 Å². The minimum Gasteiger partial charge on any atom is -0.254 e. The Bertz CT molecular complexity index is 210. The zero-order valence-electron chi connectivity index (χ0n) is 4.54. The van der Waals surface area contributed by atoms with Gasteiger partial charge in [-0.05, 0) is 12.1 Å². The van der Waals surface area contributed by atoms with E-state index >= 15 is 0 Å². The second-order valence-electron chi connectivity index (χ2n) is 1.49. The van der Waals surface area contributed by atoms with Crippen molar-refractivity contribution in [3.63, 3.8) is 0 Å². The van der Waals surface area contributed by atoms with E-state index in [-0.39, 0.29) is 5.69 Å². The highest BCUT2D eigenvalue weighted by Gasteiger charge is 2.00. The summed E-state index contributed by atoms with van der Waals surface area (Å²) in [6.07, 6.45) is 1.37. The Morgan fingerprint density at radius 1 is 1.56 bits per heavy atom. The van der Waals surface area contributed by atoms with Crippen molar-refractivity contribution in [2.75, 3.05) is 0 Å². The van der Waals surface area contributed by atoms with Gasteiger partial charge in [-0.1, -0.05) is 6.07 Å². The number of pyridine rings is 1. The molecule has 0 radical (unpaired) electrons. The standard InChI is InChI=1S/C6H4FNO/c7-6(9)5-3-1-2-4-8-5/h1-4H. The van der Waals surface area contributed by atoms with Gasteiger partial charge in [0.15, 0.2) is 0 Å². The van der Waals surface area contributed by atoms with Gasteiger partial charge in [0.25, 0.3) is 0 Å². The highest BCUT2D eigenvalue weighted by Crippen LogP contribution is 1.94. The lowest BCUT2D eigenvalue weighted by Gasteiger charge is -1.85. The van der Waals surface area contributed by atoms with Gasteiger partial charge in [-0.2, -0.15) is 4.39 Å².